The Balaban J connectivity index is 1.33. The Bertz CT molecular complexity index is 1280. The number of carbonyl (C=O) groups is 1. The van der Waals surface area contributed by atoms with Crippen LogP contribution in [0.4, 0.5) is 24.5 Å². The number of halogens is 3. The van der Waals surface area contributed by atoms with Gasteiger partial charge in [0.1, 0.15) is 6.33 Å². The highest BCUT2D eigenvalue weighted by atomic mass is 19.4. The van der Waals surface area contributed by atoms with E-state index in [1.807, 2.05) is 29.2 Å². The van der Waals surface area contributed by atoms with Gasteiger partial charge >= 0.3 is 6.18 Å². The van der Waals surface area contributed by atoms with Gasteiger partial charge in [-0.3, -0.25) is 9.69 Å². The highest BCUT2D eigenvalue weighted by Gasteiger charge is 2.36. The number of alkyl halides is 3. The Morgan fingerprint density at radius 1 is 1.05 bits per heavy atom. The van der Waals surface area contributed by atoms with Crippen molar-refractivity contribution in [2.75, 3.05) is 42.9 Å². The Labute approximate surface area is 212 Å². The molecule has 1 amide bonds. The molecule has 4 rings (SSSR count). The Kier molecular flexibility index (Phi) is 7.42. The van der Waals surface area contributed by atoms with Crippen LogP contribution in [0.1, 0.15) is 18.1 Å². The minimum Gasteiger partial charge on any atom is -0.379 e. The van der Waals surface area contributed by atoms with Gasteiger partial charge in [0.15, 0.2) is 5.60 Å². The number of rotatable bonds is 6. The first-order chi connectivity index (χ1) is 17.6. The largest absolute Gasteiger partial charge is 0.417 e. The molecule has 2 aromatic carbocycles. The number of anilines is 2. The molecule has 0 bridgehead atoms. The lowest BCUT2D eigenvalue weighted by Gasteiger charge is -2.38. The predicted molar refractivity (Wildman–Crippen MR) is 132 cm³/mol. The van der Waals surface area contributed by atoms with Gasteiger partial charge in [0.2, 0.25) is 0 Å². The fourth-order valence-electron chi connectivity index (χ4n) is 4.20. The van der Waals surface area contributed by atoms with Gasteiger partial charge in [-0.15, -0.1) is 0 Å². The molecule has 2 heterocycles. The standard InChI is InChI=1S/C26H25F3N6O2/c1-25(37,24(36)33-21-5-2-19(13-30)23(12-21)26(27,28)29)16-34-8-10-35(11-9-34)22-6-3-18(4-7-22)20-14-31-17-32-15-20/h2-7,12,14-15,17,37H,8-11,16H2,1H3,(H,33,36)/t25-/m0/s1. The molecule has 1 saturated heterocycles. The summed E-state index contributed by atoms with van der Waals surface area (Å²) >= 11 is 0. The molecule has 1 aliphatic heterocycles. The monoisotopic (exact) mass is 510 g/mol. The van der Waals surface area contributed by atoms with Crippen molar-refractivity contribution in [3.05, 3.63) is 72.3 Å². The van der Waals surface area contributed by atoms with Crippen LogP contribution >= 0.6 is 0 Å². The van der Waals surface area contributed by atoms with Gasteiger partial charge in [0.05, 0.1) is 17.2 Å². The summed E-state index contributed by atoms with van der Waals surface area (Å²) in [7, 11) is 0. The highest BCUT2D eigenvalue weighted by molar-refractivity contribution is 5.97. The van der Waals surface area contributed by atoms with E-state index in [4.69, 9.17) is 5.26 Å². The molecule has 3 aromatic rings. The van der Waals surface area contributed by atoms with E-state index < -0.39 is 28.8 Å². The third-order valence-corrected chi connectivity index (χ3v) is 6.22. The molecule has 0 saturated carbocycles. The van der Waals surface area contributed by atoms with E-state index >= 15 is 0 Å². The first kappa shape index (κ1) is 26.1. The average Bonchev–Trinajstić information content (AvgIpc) is 2.89. The Morgan fingerprint density at radius 2 is 1.70 bits per heavy atom. The molecule has 1 atom stereocenters. The number of aliphatic hydroxyl groups is 1. The van der Waals surface area contributed by atoms with Crippen molar-refractivity contribution < 1.29 is 23.1 Å². The number of nitrogens with one attached hydrogen (secondary N) is 1. The molecule has 192 valence electrons. The number of hydrogen-bond donors (Lipinski definition) is 2. The lowest BCUT2D eigenvalue weighted by molar-refractivity contribution is -0.138. The summed E-state index contributed by atoms with van der Waals surface area (Å²) in [4.78, 5) is 24.9. The van der Waals surface area contributed by atoms with Gasteiger partial charge in [-0.1, -0.05) is 12.1 Å². The van der Waals surface area contributed by atoms with Crippen LogP contribution in [0.2, 0.25) is 0 Å². The summed E-state index contributed by atoms with van der Waals surface area (Å²) < 4.78 is 39.7. The second-order valence-electron chi connectivity index (χ2n) is 9.04. The summed E-state index contributed by atoms with van der Waals surface area (Å²) in [5, 5.41) is 22.1. The fourth-order valence-corrected chi connectivity index (χ4v) is 4.20. The van der Waals surface area contributed by atoms with Crippen LogP contribution in [0.15, 0.2) is 61.2 Å². The van der Waals surface area contributed by atoms with E-state index in [9.17, 15) is 23.1 Å². The van der Waals surface area contributed by atoms with E-state index in [0.717, 1.165) is 22.9 Å². The molecular formula is C26H25F3N6O2. The van der Waals surface area contributed by atoms with Gasteiger partial charge in [-0.2, -0.15) is 18.4 Å². The lowest BCUT2D eigenvalue weighted by atomic mass is 10.0. The zero-order chi connectivity index (χ0) is 26.6. The maximum absolute atomic E-state index is 13.2. The smallest absolute Gasteiger partial charge is 0.379 e. The fraction of sp³-hybridized carbons (Fsp3) is 0.308. The molecule has 0 spiro atoms. The number of hydrogen-bond acceptors (Lipinski definition) is 7. The second-order valence-corrected chi connectivity index (χ2v) is 9.04. The van der Waals surface area contributed by atoms with Crippen LogP contribution in [-0.2, 0) is 11.0 Å². The molecule has 1 fully saturated rings. The molecule has 8 nitrogen and oxygen atoms in total. The first-order valence-corrected chi connectivity index (χ1v) is 11.5. The number of aromatic nitrogens is 2. The average molecular weight is 511 g/mol. The SMILES string of the molecule is C[C@](O)(CN1CCN(c2ccc(-c3cncnc3)cc2)CC1)C(=O)Nc1ccc(C#N)c(C(F)(F)F)c1. The molecule has 1 aliphatic rings. The van der Waals surface area contributed by atoms with Gasteiger partial charge in [-0.05, 0) is 42.8 Å². The number of β-amino-alcohol motifs (C(OH)–C–C–N with tert-alkyl or cyclic N) is 1. The second kappa shape index (κ2) is 10.5. The summed E-state index contributed by atoms with van der Waals surface area (Å²) in [5.41, 5.74) is -0.691. The molecule has 37 heavy (non-hydrogen) atoms. The van der Waals surface area contributed by atoms with Crippen molar-refractivity contribution >= 4 is 17.3 Å². The third-order valence-electron chi connectivity index (χ3n) is 6.22. The van der Waals surface area contributed by atoms with Gasteiger partial charge < -0.3 is 15.3 Å². The molecule has 11 heteroatoms. The van der Waals surface area contributed by atoms with Crippen LogP contribution in [0.3, 0.4) is 0 Å². The van der Waals surface area contributed by atoms with Gasteiger partial charge in [0.25, 0.3) is 5.91 Å². The maximum atomic E-state index is 13.2. The highest BCUT2D eigenvalue weighted by Crippen LogP contribution is 2.33. The number of piperazine rings is 1. The minimum absolute atomic E-state index is 0.0159. The summed E-state index contributed by atoms with van der Waals surface area (Å²) in [6.45, 7) is 3.88. The Hall–Kier alpha value is -4.01. The maximum Gasteiger partial charge on any atom is 0.417 e. The molecule has 2 N–H and O–H groups in total. The topological polar surface area (TPSA) is 105 Å². The van der Waals surface area contributed by atoms with Gasteiger partial charge in [0, 0.05) is 62.1 Å². The Morgan fingerprint density at radius 3 is 2.30 bits per heavy atom. The van der Waals surface area contributed by atoms with Crippen molar-refractivity contribution in [1.29, 1.82) is 5.26 Å². The quantitative estimate of drug-likeness (QED) is 0.523. The van der Waals surface area contributed by atoms with E-state index in [1.54, 1.807) is 12.4 Å². The number of nitriles is 1. The van der Waals surface area contributed by atoms with Crippen LogP contribution < -0.4 is 10.2 Å². The first-order valence-electron chi connectivity index (χ1n) is 11.5. The van der Waals surface area contributed by atoms with Crippen molar-refractivity contribution in [1.82, 2.24) is 14.9 Å². The van der Waals surface area contributed by atoms with E-state index in [2.05, 4.69) is 20.2 Å². The minimum atomic E-state index is -4.75. The van der Waals surface area contributed by atoms with Crippen LogP contribution in [0.5, 0.6) is 0 Å². The lowest BCUT2D eigenvalue weighted by Crippen LogP contribution is -2.54. The number of nitrogens with zero attached hydrogens (tertiary/aromatic N) is 5. The van der Waals surface area contributed by atoms with Crippen LogP contribution in [0.25, 0.3) is 11.1 Å². The normalized spacial score (nSPS) is 16.1. The van der Waals surface area contributed by atoms with Crippen LogP contribution in [-0.4, -0.2) is 64.2 Å². The van der Waals surface area contributed by atoms with Gasteiger partial charge in [-0.25, -0.2) is 9.97 Å². The molecule has 1 aromatic heterocycles. The molecule has 0 unspecified atom stereocenters. The van der Waals surface area contributed by atoms with E-state index in [1.165, 1.54) is 25.4 Å². The predicted octanol–water partition coefficient (Wildman–Crippen LogP) is 3.55. The number of benzene rings is 2. The van der Waals surface area contributed by atoms with Crippen molar-refractivity contribution in [2.24, 2.45) is 0 Å². The zero-order valence-electron chi connectivity index (χ0n) is 20.0. The third kappa shape index (κ3) is 6.22. The summed E-state index contributed by atoms with van der Waals surface area (Å²) in [6, 6.07) is 12.4. The van der Waals surface area contributed by atoms with Crippen molar-refractivity contribution in [3.63, 3.8) is 0 Å². The van der Waals surface area contributed by atoms with Crippen molar-refractivity contribution in [3.8, 4) is 17.2 Å². The van der Waals surface area contributed by atoms with E-state index in [-0.39, 0.29) is 12.2 Å². The summed E-state index contributed by atoms with van der Waals surface area (Å²) in [6.07, 6.45) is 0.234. The van der Waals surface area contributed by atoms with Crippen LogP contribution in [0, 0.1) is 11.3 Å². The molecule has 0 aliphatic carbocycles. The molecule has 0 radical (unpaired) electrons. The summed E-state index contributed by atoms with van der Waals surface area (Å²) in [5.74, 6) is -0.826. The number of carbonyl (C=O) groups excluding carboxylic acids is 1. The zero-order valence-corrected chi connectivity index (χ0v) is 20.0. The number of amides is 1. The molecular weight excluding hydrogens is 485 g/mol. The van der Waals surface area contributed by atoms with Crippen molar-refractivity contribution in [2.45, 2.75) is 18.7 Å². The van der Waals surface area contributed by atoms with E-state index in [0.29, 0.717) is 32.2 Å².